The maximum atomic E-state index is 13.3. The van der Waals surface area contributed by atoms with E-state index < -0.39 is 0 Å². The summed E-state index contributed by atoms with van der Waals surface area (Å²) >= 11 is 0. The molecular formula is C24H18N4O2. The van der Waals surface area contributed by atoms with Gasteiger partial charge in [-0.15, -0.1) is 0 Å². The summed E-state index contributed by atoms with van der Waals surface area (Å²) in [6, 6.07) is 25.3. The van der Waals surface area contributed by atoms with Gasteiger partial charge in [-0.2, -0.15) is 5.26 Å². The zero-order chi connectivity index (χ0) is 20.9. The Hall–Kier alpha value is -4.24. The molecule has 30 heavy (non-hydrogen) atoms. The highest BCUT2D eigenvalue weighted by Crippen LogP contribution is 2.15. The van der Waals surface area contributed by atoms with Crippen LogP contribution in [-0.2, 0) is 13.1 Å². The first-order chi connectivity index (χ1) is 14.6. The Balaban J connectivity index is 1.71. The minimum Gasteiger partial charge on any atom is -0.327 e. The number of nitrogens with zero attached hydrogens (tertiary/aromatic N) is 3. The van der Waals surface area contributed by atoms with Crippen LogP contribution in [0, 0.1) is 11.3 Å². The number of carbonyl (C=O) groups is 1. The monoisotopic (exact) mass is 394 g/mol. The predicted molar refractivity (Wildman–Crippen MR) is 114 cm³/mol. The zero-order valence-electron chi connectivity index (χ0n) is 16.1. The second-order valence-electron chi connectivity index (χ2n) is 6.87. The van der Waals surface area contributed by atoms with Crippen LogP contribution in [0.5, 0.6) is 0 Å². The first-order valence-corrected chi connectivity index (χ1v) is 9.45. The van der Waals surface area contributed by atoms with E-state index in [9.17, 15) is 9.59 Å². The molecule has 146 valence electrons. The third-order valence-corrected chi connectivity index (χ3v) is 4.74. The standard InChI is InChI=1S/C24H18N4O2/c25-14-18-9-6-10-19(13-18)24(30)28(15-17-7-2-1-3-8-17)16-22-26-21-12-5-4-11-20(21)23(29)27-22/h1-13H,15-16H2,(H,26,27,29). The molecule has 0 aliphatic carbocycles. The number of aromatic nitrogens is 2. The largest absolute Gasteiger partial charge is 0.327 e. The summed E-state index contributed by atoms with van der Waals surface area (Å²) in [4.78, 5) is 34.6. The van der Waals surface area contributed by atoms with Gasteiger partial charge in [0.1, 0.15) is 5.82 Å². The maximum Gasteiger partial charge on any atom is 0.258 e. The molecule has 6 heteroatoms. The second kappa shape index (κ2) is 8.41. The van der Waals surface area contributed by atoms with Gasteiger partial charge in [-0.1, -0.05) is 48.5 Å². The molecule has 0 radical (unpaired) electrons. The molecule has 4 aromatic rings. The summed E-state index contributed by atoms with van der Waals surface area (Å²) in [6.07, 6.45) is 0. The molecule has 0 saturated heterocycles. The molecule has 1 heterocycles. The molecule has 1 N–H and O–H groups in total. The van der Waals surface area contributed by atoms with Crippen LogP contribution in [0.25, 0.3) is 10.9 Å². The van der Waals surface area contributed by atoms with Crippen molar-refractivity contribution in [3.05, 3.63) is 112 Å². The first-order valence-electron chi connectivity index (χ1n) is 9.45. The fourth-order valence-electron chi connectivity index (χ4n) is 3.30. The summed E-state index contributed by atoms with van der Waals surface area (Å²) in [7, 11) is 0. The van der Waals surface area contributed by atoms with Gasteiger partial charge in [-0.3, -0.25) is 9.59 Å². The Bertz CT molecular complexity index is 1310. The Kier molecular flexibility index (Phi) is 5.35. The van der Waals surface area contributed by atoms with Crippen molar-refractivity contribution in [2.24, 2.45) is 0 Å². The Morgan fingerprint density at radius 1 is 0.967 bits per heavy atom. The number of amides is 1. The molecule has 0 bridgehead atoms. The topological polar surface area (TPSA) is 89.8 Å². The minimum atomic E-state index is -0.244. The number of aromatic amines is 1. The number of nitriles is 1. The third-order valence-electron chi connectivity index (χ3n) is 4.74. The number of benzene rings is 3. The fourth-order valence-corrected chi connectivity index (χ4v) is 3.30. The lowest BCUT2D eigenvalue weighted by atomic mass is 10.1. The van der Waals surface area contributed by atoms with Crippen LogP contribution >= 0.6 is 0 Å². The van der Waals surface area contributed by atoms with Gasteiger partial charge in [0.05, 0.1) is 29.1 Å². The molecule has 0 aliphatic heterocycles. The van der Waals surface area contributed by atoms with E-state index >= 15 is 0 Å². The molecule has 4 rings (SSSR count). The molecule has 0 aliphatic rings. The molecule has 3 aromatic carbocycles. The normalized spacial score (nSPS) is 10.5. The molecule has 1 aromatic heterocycles. The van der Waals surface area contributed by atoms with Gasteiger partial charge >= 0.3 is 0 Å². The number of para-hydroxylation sites is 1. The average Bonchev–Trinajstić information content (AvgIpc) is 2.79. The lowest BCUT2D eigenvalue weighted by molar-refractivity contribution is 0.0725. The third kappa shape index (κ3) is 4.10. The van der Waals surface area contributed by atoms with E-state index in [1.54, 1.807) is 47.4 Å². The van der Waals surface area contributed by atoms with Crippen molar-refractivity contribution in [1.29, 1.82) is 5.26 Å². The molecule has 1 amide bonds. The summed E-state index contributed by atoms with van der Waals surface area (Å²) < 4.78 is 0. The molecule has 6 nitrogen and oxygen atoms in total. The Morgan fingerprint density at radius 2 is 1.73 bits per heavy atom. The van der Waals surface area contributed by atoms with E-state index in [4.69, 9.17) is 5.26 Å². The highest BCUT2D eigenvalue weighted by molar-refractivity contribution is 5.94. The van der Waals surface area contributed by atoms with E-state index in [-0.39, 0.29) is 18.0 Å². The maximum absolute atomic E-state index is 13.3. The lowest BCUT2D eigenvalue weighted by Gasteiger charge is -2.23. The van der Waals surface area contributed by atoms with Crippen LogP contribution in [0.2, 0.25) is 0 Å². The summed E-state index contributed by atoms with van der Waals surface area (Å²) in [6.45, 7) is 0.470. The van der Waals surface area contributed by atoms with Gasteiger partial charge in [0.15, 0.2) is 0 Å². The number of fused-ring (bicyclic) bond motifs is 1. The number of hydrogen-bond acceptors (Lipinski definition) is 4. The van der Waals surface area contributed by atoms with Crippen molar-refractivity contribution in [2.45, 2.75) is 13.1 Å². The van der Waals surface area contributed by atoms with E-state index in [1.165, 1.54) is 0 Å². The van der Waals surface area contributed by atoms with Crippen LogP contribution in [-0.4, -0.2) is 20.8 Å². The smallest absolute Gasteiger partial charge is 0.258 e. The Morgan fingerprint density at radius 3 is 2.53 bits per heavy atom. The summed E-state index contributed by atoms with van der Waals surface area (Å²) in [5.41, 5.74) is 2.11. The van der Waals surface area contributed by atoms with Crippen molar-refractivity contribution >= 4 is 16.8 Å². The van der Waals surface area contributed by atoms with Crippen LogP contribution in [0.4, 0.5) is 0 Å². The van der Waals surface area contributed by atoms with Crippen LogP contribution in [0.15, 0.2) is 83.7 Å². The van der Waals surface area contributed by atoms with Crippen molar-refractivity contribution in [2.75, 3.05) is 0 Å². The van der Waals surface area contributed by atoms with Crippen LogP contribution < -0.4 is 5.56 Å². The van der Waals surface area contributed by atoms with Crippen molar-refractivity contribution in [3.63, 3.8) is 0 Å². The minimum absolute atomic E-state index is 0.130. The second-order valence-corrected chi connectivity index (χ2v) is 6.87. The van der Waals surface area contributed by atoms with E-state index in [1.807, 2.05) is 36.4 Å². The van der Waals surface area contributed by atoms with Gasteiger partial charge in [-0.05, 0) is 35.9 Å². The number of hydrogen-bond donors (Lipinski definition) is 1. The van der Waals surface area contributed by atoms with Crippen molar-refractivity contribution in [3.8, 4) is 6.07 Å². The molecular weight excluding hydrogens is 376 g/mol. The van der Waals surface area contributed by atoms with E-state index in [0.717, 1.165) is 5.56 Å². The van der Waals surface area contributed by atoms with Gasteiger partial charge < -0.3 is 9.88 Å². The molecule has 0 saturated carbocycles. The quantitative estimate of drug-likeness (QED) is 0.560. The summed E-state index contributed by atoms with van der Waals surface area (Å²) in [5.74, 6) is 0.158. The van der Waals surface area contributed by atoms with Crippen LogP contribution in [0.1, 0.15) is 27.3 Å². The lowest BCUT2D eigenvalue weighted by Crippen LogP contribution is -2.31. The highest BCUT2D eigenvalue weighted by atomic mass is 16.2. The number of carbonyl (C=O) groups excluding carboxylic acids is 1. The van der Waals surface area contributed by atoms with Gasteiger partial charge in [0.2, 0.25) is 0 Å². The number of nitrogens with one attached hydrogen (secondary N) is 1. The van der Waals surface area contributed by atoms with E-state index in [2.05, 4.69) is 16.0 Å². The first kappa shape index (κ1) is 19.1. The van der Waals surface area contributed by atoms with Crippen molar-refractivity contribution < 1.29 is 4.79 Å². The molecule has 0 fully saturated rings. The van der Waals surface area contributed by atoms with Gasteiger partial charge in [0, 0.05) is 12.1 Å². The highest BCUT2D eigenvalue weighted by Gasteiger charge is 2.19. The molecule has 0 atom stereocenters. The van der Waals surface area contributed by atoms with Gasteiger partial charge in [-0.25, -0.2) is 4.98 Å². The predicted octanol–water partition coefficient (Wildman–Crippen LogP) is 3.64. The number of H-pyrrole nitrogens is 1. The molecule has 0 unspecified atom stereocenters. The summed E-state index contributed by atoms with van der Waals surface area (Å²) in [5, 5.41) is 9.66. The SMILES string of the molecule is N#Cc1cccc(C(=O)N(Cc2ccccc2)Cc2nc3ccccc3c(=O)[nH]2)c1. The fraction of sp³-hybridized carbons (Fsp3) is 0.0833. The Labute approximate surface area is 173 Å². The average molecular weight is 394 g/mol. The van der Waals surface area contributed by atoms with Crippen molar-refractivity contribution in [1.82, 2.24) is 14.9 Å². The van der Waals surface area contributed by atoms with Crippen LogP contribution in [0.3, 0.4) is 0 Å². The number of rotatable bonds is 5. The van der Waals surface area contributed by atoms with E-state index in [0.29, 0.717) is 34.4 Å². The zero-order valence-corrected chi connectivity index (χ0v) is 16.1. The molecule has 0 spiro atoms. The van der Waals surface area contributed by atoms with Gasteiger partial charge in [0.25, 0.3) is 11.5 Å².